The fraction of sp³-hybridized carbons (Fsp3) is 0.818. The van der Waals surface area contributed by atoms with E-state index in [4.69, 9.17) is 5.11 Å². The van der Waals surface area contributed by atoms with Crippen molar-refractivity contribution in [1.29, 1.82) is 0 Å². The molecule has 1 atom stereocenters. The Bertz CT molecular complexity index is 262. The molecule has 1 heterocycles. The Morgan fingerprint density at radius 3 is 2.38 bits per heavy atom. The maximum absolute atomic E-state index is 12.1. The maximum Gasteiger partial charge on any atom is 0.320 e. The lowest BCUT2D eigenvalue weighted by Gasteiger charge is -2.31. The van der Waals surface area contributed by atoms with Crippen LogP contribution in [0.15, 0.2) is 0 Å². The number of hydrogen-bond donors (Lipinski definition) is 1. The van der Waals surface area contributed by atoms with Crippen LogP contribution in [0.25, 0.3) is 0 Å². The van der Waals surface area contributed by atoms with Gasteiger partial charge in [-0.25, -0.2) is 4.79 Å². The molecule has 1 aliphatic rings. The Labute approximate surface area is 96.0 Å². The standard InChI is InChI=1S/C11H20N2O3/c1-3-13(9(2)8-10(14)15)11(16)12-6-4-5-7-12/h9H,3-8H2,1-2H3,(H,14,15). The number of carbonyl (C=O) groups excluding carboxylic acids is 1. The van der Waals surface area contributed by atoms with Crippen LogP contribution in [0.3, 0.4) is 0 Å². The monoisotopic (exact) mass is 228 g/mol. The molecule has 0 aromatic carbocycles. The van der Waals surface area contributed by atoms with E-state index in [2.05, 4.69) is 0 Å². The molecule has 1 aliphatic heterocycles. The number of nitrogens with zero attached hydrogens (tertiary/aromatic N) is 2. The van der Waals surface area contributed by atoms with Crippen LogP contribution in [0.2, 0.25) is 0 Å². The van der Waals surface area contributed by atoms with E-state index in [0.717, 1.165) is 25.9 Å². The van der Waals surface area contributed by atoms with Crippen molar-refractivity contribution in [2.45, 2.75) is 39.2 Å². The minimum Gasteiger partial charge on any atom is -0.481 e. The van der Waals surface area contributed by atoms with E-state index in [-0.39, 0.29) is 18.5 Å². The third kappa shape index (κ3) is 3.12. The zero-order valence-corrected chi connectivity index (χ0v) is 9.98. The van der Waals surface area contributed by atoms with Gasteiger partial charge >= 0.3 is 12.0 Å². The third-order valence-electron chi connectivity index (χ3n) is 2.97. The minimum atomic E-state index is -0.861. The van der Waals surface area contributed by atoms with Crippen molar-refractivity contribution in [1.82, 2.24) is 9.80 Å². The molecule has 0 bridgehead atoms. The summed E-state index contributed by atoms with van der Waals surface area (Å²) in [4.78, 5) is 26.1. The maximum atomic E-state index is 12.1. The number of carbonyl (C=O) groups is 2. The normalized spacial score (nSPS) is 17.2. The van der Waals surface area contributed by atoms with Crippen molar-refractivity contribution in [2.75, 3.05) is 19.6 Å². The van der Waals surface area contributed by atoms with Gasteiger partial charge in [0.15, 0.2) is 0 Å². The van der Waals surface area contributed by atoms with Crippen LogP contribution in [-0.4, -0.2) is 52.6 Å². The summed E-state index contributed by atoms with van der Waals surface area (Å²) < 4.78 is 0. The van der Waals surface area contributed by atoms with Gasteiger partial charge in [-0.05, 0) is 26.7 Å². The first-order valence-electron chi connectivity index (χ1n) is 5.83. The summed E-state index contributed by atoms with van der Waals surface area (Å²) in [5.41, 5.74) is 0. The Balaban J connectivity index is 2.57. The van der Waals surface area contributed by atoms with Crippen LogP contribution in [0.4, 0.5) is 4.79 Å². The molecule has 0 aromatic heterocycles. The molecule has 2 amide bonds. The van der Waals surface area contributed by atoms with Crippen LogP contribution in [0.1, 0.15) is 33.1 Å². The van der Waals surface area contributed by atoms with E-state index in [1.54, 1.807) is 11.8 Å². The van der Waals surface area contributed by atoms with E-state index >= 15 is 0 Å². The fourth-order valence-corrected chi connectivity index (χ4v) is 2.09. The highest BCUT2D eigenvalue weighted by Crippen LogP contribution is 2.13. The number of aliphatic carboxylic acids is 1. The number of urea groups is 1. The summed E-state index contributed by atoms with van der Waals surface area (Å²) in [7, 11) is 0. The van der Waals surface area contributed by atoms with Gasteiger partial charge in [0.2, 0.25) is 0 Å². The molecule has 5 nitrogen and oxygen atoms in total. The van der Waals surface area contributed by atoms with Gasteiger partial charge in [-0.1, -0.05) is 0 Å². The first-order chi connectivity index (χ1) is 7.56. The lowest BCUT2D eigenvalue weighted by atomic mass is 10.2. The Kier molecular flexibility index (Phi) is 4.58. The highest BCUT2D eigenvalue weighted by atomic mass is 16.4. The summed E-state index contributed by atoms with van der Waals surface area (Å²) >= 11 is 0. The van der Waals surface area contributed by atoms with Gasteiger partial charge in [-0.3, -0.25) is 4.79 Å². The van der Waals surface area contributed by atoms with Crippen molar-refractivity contribution >= 4 is 12.0 Å². The van der Waals surface area contributed by atoms with Gasteiger partial charge in [0.05, 0.1) is 6.42 Å². The molecule has 92 valence electrons. The van der Waals surface area contributed by atoms with Gasteiger partial charge < -0.3 is 14.9 Å². The second-order valence-electron chi connectivity index (χ2n) is 4.21. The summed E-state index contributed by atoms with van der Waals surface area (Å²) in [6.45, 7) is 5.83. The van der Waals surface area contributed by atoms with Gasteiger partial charge in [0.25, 0.3) is 0 Å². The van der Waals surface area contributed by atoms with Crippen LogP contribution in [0, 0.1) is 0 Å². The van der Waals surface area contributed by atoms with Crippen LogP contribution in [0.5, 0.6) is 0 Å². The number of likely N-dealkylation sites (tertiary alicyclic amines) is 1. The zero-order chi connectivity index (χ0) is 12.1. The van der Waals surface area contributed by atoms with Crippen LogP contribution in [-0.2, 0) is 4.79 Å². The molecule has 0 radical (unpaired) electrons. The lowest BCUT2D eigenvalue weighted by molar-refractivity contribution is -0.138. The zero-order valence-electron chi connectivity index (χ0n) is 9.98. The summed E-state index contributed by atoms with van der Waals surface area (Å²) in [5.74, 6) is -0.861. The van der Waals surface area contributed by atoms with Gasteiger partial charge in [0.1, 0.15) is 0 Å². The molecule has 0 aliphatic carbocycles. The number of rotatable bonds is 4. The minimum absolute atomic E-state index is 0.00736. The Hall–Kier alpha value is -1.26. The Morgan fingerprint density at radius 1 is 1.38 bits per heavy atom. The molecule has 1 saturated heterocycles. The highest BCUT2D eigenvalue weighted by Gasteiger charge is 2.26. The number of hydrogen-bond acceptors (Lipinski definition) is 2. The second kappa shape index (κ2) is 5.72. The van der Waals surface area contributed by atoms with Crippen molar-refractivity contribution in [3.63, 3.8) is 0 Å². The molecule has 0 aromatic rings. The molecule has 16 heavy (non-hydrogen) atoms. The molecule has 5 heteroatoms. The predicted molar refractivity (Wildman–Crippen MR) is 60.3 cm³/mol. The van der Waals surface area contributed by atoms with E-state index in [0.29, 0.717) is 6.54 Å². The average Bonchev–Trinajstić information content (AvgIpc) is 2.69. The van der Waals surface area contributed by atoms with E-state index in [1.807, 2.05) is 11.8 Å². The van der Waals surface area contributed by atoms with Gasteiger partial charge in [-0.15, -0.1) is 0 Å². The molecule has 1 N–H and O–H groups in total. The third-order valence-corrected chi connectivity index (χ3v) is 2.97. The molecule has 1 unspecified atom stereocenters. The van der Waals surface area contributed by atoms with E-state index < -0.39 is 5.97 Å². The first-order valence-corrected chi connectivity index (χ1v) is 5.83. The van der Waals surface area contributed by atoms with Crippen molar-refractivity contribution in [2.24, 2.45) is 0 Å². The molecule has 0 spiro atoms. The van der Waals surface area contributed by atoms with Crippen LogP contribution >= 0.6 is 0 Å². The van der Waals surface area contributed by atoms with Crippen molar-refractivity contribution in [3.05, 3.63) is 0 Å². The smallest absolute Gasteiger partial charge is 0.320 e. The molecule has 1 rings (SSSR count). The number of carboxylic acids is 1. The summed E-state index contributed by atoms with van der Waals surface area (Å²) in [6.07, 6.45) is 2.11. The molecule has 0 saturated carbocycles. The number of amides is 2. The molecular formula is C11H20N2O3. The quantitative estimate of drug-likeness (QED) is 0.791. The van der Waals surface area contributed by atoms with E-state index in [1.165, 1.54) is 0 Å². The summed E-state index contributed by atoms with van der Waals surface area (Å²) in [6, 6.07) is -0.260. The van der Waals surface area contributed by atoms with E-state index in [9.17, 15) is 9.59 Å². The lowest BCUT2D eigenvalue weighted by Crippen LogP contribution is -2.46. The second-order valence-corrected chi connectivity index (χ2v) is 4.21. The fourth-order valence-electron chi connectivity index (χ4n) is 2.09. The topological polar surface area (TPSA) is 60.9 Å². The first kappa shape index (κ1) is 12.8. The largest absolute Gasteiger partial charge is 0.481 e. The molecular weight excluding hydrogens is 208 g/mol. The van der Waals surface area contributed by atoms with Crippen molar-refractivity contribution < 1.29 is 14.7 Å². The number of carboxylic acid groups (broad SMARTS) is 1. The average molecular weight is 228 g/mol. The van der Waals surface area contributed by atoms with Gasteiger partial charge in [0, 0.05) is 25.7 Å². The summed E-state index contributed by atoms with van der Waals surface area (Å²) in [5, 5.41) is 8.72. The van der Waals surface area contributed by atoms with Crippen molar-refractivity contribution in [3.8, 4) is 0 Å². The highest BCUT2D eigenvalue weighted by molar-refractivity contribution is 5.76. The van der Waals surface area contributed by atoms with Crippen LogP contribution < -0.4 is 0 Å². The van der Waals surface area contributed by atoms with Gasteiger partial charge in [-0.2, -0.15) is 0 Å². The SMILES string of the molecule is CCN(C(=O)N1CCCC1)C(C)CC(=O)O. The molecule has 1 fully saturated rings. The Morgan fingerprint density at radius 2 is 1.94 bits per heavy atom. The predicted octanol–water partition coefficient (Wildman–Crippen LogP) is 1.39.